The normalized spacial score (nSPS) is 10.3. The molecule has 23 heavy (non-hydrogen) atoms. The SMILES string of the molecule is O=P([O-])([O-])Cl.O=P([O-])([O-])Cl.O=P([O-])([O-])Cl.O=P([O-])([O-])Cl.[Na+].[OH4+2].[V+5]. The van der Waals surface area contributed by atoms with Crippen LogP contribution >= 0.6 is 72.8 Å². The van der Waals surface area contributed by atoms with Crippen molar-refractivity contribution in [2.24, 2.45) is 0 Å². The Bertz CT molecular complexity index is 305. The van der Waals surface area contributed by atoms with Crippen LogP contribution in [0.15, 0.2) is 0 Å². The maximum atomic E-state index is 8.87. The Morgan fingerprint density at radius 3 is 0.478 bits per heavy atom. The third-order valence-corrected chi connectivity index (χ3v) is 0. The van der Waals surface area contributed by atoms with Crippen molar-refractivity contribution in [3.63, 3.8) is 0 Å². The molecule has 0 unspecified atom stereocenters. The largest absolute Gasteiger partial charge is 5.00 e. The predicted octanol–water partition coefficient (Wildman–Crippen LogP) is -7.97. The standard InChI is InChI=1S/4ClH2O3P.Na.H4O.V/c4*1-5(2,3)4;;;/h4*(H2,2,3,4);;1H4;/q;;;;+1;+2;+5/p-8. The van der Waals surface area contributed by atoms with Crippen LogP contribution in [0, 0.1) is 0 Å². The van der Waals surface area contributed by atoms with E-state index >= 15 is 0 Å². The zero-order chi connectivity index (χ0) is 18.0. The molecule has 0 aliphatic carbocycles. The van der Waals surface area contributed by atoms with E-state index in [1.165, 1.54) is 0 Å². The van der Waals surface area contributed by atoms with Crippen LogP contribution in [0.25, 0.3) is 0 Å². The van der Waals surface area contributed by atoms with Gasteiger partial charge in [-0.1, -0.05) is 45.0 Å². The molecule has 0 fully saturated rings. The molecule has 0 amide bonds. The van der Waals surface area contributed by atoms with Crippen molar-refractivity contribution < 1.29 is 111 Å². The first-order valence-corrected chi connectivity index (χ1v) is 12.7. The van der Waals surface area contributed by atoms with E-state index in [0.29, 0.717) is 0 Å². The molecule has 0 aromatic rings. The van der Waals surface area contributed by atoms with E-state index in [-0.39, 0.29) is 53.6 Å². The number of rotatable bonds is 0. The summed E-state index contributed by atoms with van der Waals surface area (Å²) in [4.78, 5) is 71.0. The molecule has 4 N–H and O–H groups in total. The first kappa shape index (κ1) is 45.2. The molecule has 0 bridgehead atoms. The topological polar surface area (TPSA) is 287 Å². The monoisotopic (exact) mass is 550 g/mol. The van der Waals surface area contributed by atoms with Crippen molar-refractivity contribution in [1.82, 2.24) is 0 Å². The average molecular weight is 552 g/mol. The molecule has 136 valence electrons. The van der Waals surface area contributed by atoms with Gasteiger partial charge in [0.15, 0.2) is 0 Å². The first-order valence-electron chi connectivity index (χ1n) is 2.87. The molecule has 23 heteroatoms. The van der Waals surface area contributed by atoms with Crippen LogP contribution in [0.4, 0.5) is 0 Å². The summed E-state index contributed by atoms with van der Waals surface area (Å²) in [5.41, 5.74) is 0. The van der Waals surface area contributed by atoms with Gasteiger partial charge >= 0.3 is 48.1 Å². The summed E-state index contributed by atoms with van der Waals surface area (Å²) in [6.45, 7) is -18.7. The van der Waals surface area contributed by atoms with Crippen LogP contribution in [0.5, 0.6) is 0 Å². The quantitative estimate of drug-likeness (QED) is 0.200. The number of halogens is 4. The molecule has 0 heterocycles. The van der Waals surface area contributed by atoms with E-state index in [9.17, 15) is 0 Å². The summed E-state index contributed by atoms with van der Waals surface area (Å²) in [6, 6.07) is 0. The summed E-state index contributed by atoms with van der Waals surface area (Å²) < 4.78 is 35.5. The summed E-state index contributed by atoms with van der Waals surface area (Å²) in [5, 5.41) is 0. The van der Waals surface area contributed by atoms with Crippen molar-refractivity contribution in [2.45, 2.75) is 0 Å². The summed E-state index contributed by atoms with van der Waals surface area (Å²) in [5.74, 6) is 0. The molecule has 0 aromatic heterocycles. The Labute approximate surface area is 182 Å². The molecule has 0 radical (unpaired) electrons. The Morgan fingerprint density at radius 2 is 0.478 bits per heavy atom. The van der Waals surface area contributed by atoms with Crippen LogP contribution in [0.1, 0.15) is 0 Å². The van der Waals surface area contributed by atoms with Gasteiger partial charge in [0.05, 0.1) is 0 Å². The molecule has 0 saturated heterocycles. The van der Waals surface area contributed by atoms with E-state index < -0.39 is 27.8 Å². The van der Waals surface area contributed by atoms with Gasteiger partial charge in [-0.25, -0.2) is 0 Å². The van der Waals surface area contributed by atoms with Gasteiger partial charge in [0.1, 0.15) is 0 Å². The molecular formula is H4Cl4NaO13P4V. The van der Waals surface area contributed by atoms with Gasteiger partial charge in [0.25, 0.3) is 0 Å². The second-order valence-corrected chi connectivity index (χ2v) is 10.1. The Hall–Kier alpha value is 3.30. The minimum Gasteiger partial charge on any atom is -0.873 e. The van der Waals surface area contributed by atoms with Crippen LogP contribution in [-0.2, 0) is 42.3 Å². The minimum atomic E-state index is -4.67. The van der Waals surface area contributed by atoms with Gasteiger partial charge < -0.3 is 62.9 Å². The van der Waals surface area contributed by atoms with Gasteiger partial charge in [0.2, 0.25) is 0 Å². The fourth-order valence-corrected chi connectivity index (χ4v) is 0. The zero-order valence-corrected chi connectivity index (χ0v) is 20.4. The fourth-order valence-electron chi connectivity index (χ4n) is 0. The summed E-state index contributed by atoms with van der Waals surface area (Å²) in [7, 11) is 0. The maximum Gasteiger partial charge on any atom is 5.00 e. The molecule has 0 aliphatic rings. The zero-order valence-electron chi connectivity index (χ0n) is 10.4. The van der Waals surface area contributed by atoms with Gasteiger partial charge in [-0.05, 0) is 0 Å². The van der Waals surface area contributed by atoms with Gasteiger partial charge in [-0.15, -0.1) is 0 Å². The molecule has 0 aliphatic heterocycles. The maximum absolute atomic E-state index is 8.87. The second-order valence-electron chi connectivity index (χ2n) is 1.72. The summed E-state index contributed by atoms with van der Waals surface area (Å²) in [6.07, 6.45) is 0. The minimum absolute atomic E-state index is 0. The predicted molar refractivity (Wildman–Crippen MR) is 60.1 cm³/mol. The van der Waals surface area contributed by atoms with E-state index in [4.69, 9.17) is 57.4 Å². The van der Waals surface area contributed by atoms with Gasteiger partial charge in [-0.3, -0.25) is 0 Å². The number of hydrogen-bond acceptors (Lipinski definition) is 12. The first-order chi connectivity index (χ1) is 8.00. The van der Waals surface area contributed by atoms with E-state index in [1.807, 2.05) is 0 Å². The van der Waals surface area contributed by atoms with E-state index in [1.54, 1.807) is 0 Å². The van der Waals surface area contributed by atoms with Crippen LogP contribution in [-0.4, -0.2) is 0 Å². The molecule has 13 nitrogen and oxygen atoms in total. The third-order valence-electron chi connectivity index (χ3n) is 0. The van der Waals surface area contributed by atoms with E-state index in [2.05, 4.69) is 45.0 Å². The van der Waals surface area contributed by atoms with Gasteiger partial charge in [-0.2, -0.15) is 0 Å². The number of hydrogen-bond donors (Lipinski definition) is 0. The molecule has 0 spiro atoms. The molecule has 0 saturated carbocycles. The Balaban J connectivity index is -0.0000000284. The van der Waals surface area contributed by atoms with Crippen molar-refractivity contribution >= 4 is 72.8 Å². The third kappa shape index (κ3) is 1260. The summed E-state index contributed by atoms with van der Waals surface area (Å²) >= 11 is 15.9. The van der Waals surface area contributed by atoms with E-state index in [0.717, 1.165) is 0 Å². The van der Waals surface area contributed by atoms with Crippen molar-refractivity contribution in [2.75, 3.05) is 0 Å². The van der Waals surface area contributed by atoms with Crippen molar-refractivity contribution in [1.29, 1.82) is 0 Å². The van der Waals surface area contributed by atoms with Crippen LogP contribution in [0.2, 0.25) is 0 Å². The Kier molecular flexibility index (Phi) is 39.4. The average Bonchev–Trinajstić information content (AvgIpc) is 1.62. The molecular weight excluding hydrogens is 548 g/mol. The van der Waals surface area contributed by atoms with Gasteiger partial charge in [0, 0.05) is 27.8 Å². The smallest absolute Gasteiger partial charge is 0.873 e. The van der Waals surface area contributed by atoms with Crippen molar-refractivity contribution in [3.8, 4) is 0 Å². The fraction of sp³-hybridized carbons (Fsp3) is 0. The van der Waals surface area contributed by atoms with Crippen LogP contribution in [0.3, 0.4) is 0 Å². The second kappa shape index (κ2) is 20.0. The molecule has 0 rings (SSSR count). The molecule has 0 aromatic carbocycles. The molecule has 0 atom stereocenters. The Morgan fingerprint density at radius 1 is 0.478 bits per heavy atom. The van der Waals surface area contributed by atoms with Crippen LogP contribution < -0.4 is 68.7 Å². The van der Waals surface area contributed by atoms with Crippen molar-refractivity contribution in [3.05, 3.63) is 0 Å².